The third-order valence-corrected chi connectivity index (χ3v) is 3.75. The van der Waals surface area contributed by atoms with Crippen LogP contribution in [0.2, 0.25) is 0 Å². The number of hydrogen-bond donors (Lipinski definition) is 0. The molecule has 1 aromatic heterocycles. The van der Waals surface area contributed by atoms with Gasteiger partial charge < -0.3 is 9.47 Å². The lowest BCUT2D eigenvalue weighted by Gasteiger charge is -2.25. The van der Waals surface area contributed by atoms with E-state index in [2.05, 4.69) is 42.4 Å². The van der Waals surface area contributed by atoms with E-state index < -0.39 is 5.97 Å². The van der Waals surface area contributed by atoms with Crippen molar-refractivity contribution in [2.45, 2.75) is 33.1 Å². The summed E-state index contributed by atoms with van der Waals surface area (Å²) in [6.45, 7) is 4.98. The Bertz CT molecular complexity index is 693. The molecule has 6 nitrogen and oxygen atoms in total. The molecule has 110 valence electrons. The minimum Gasteiger partial charge on any atom is -0.464 e. The standard InChI is InChI=1S/C15H17N3O3/c1-9-4-5-11(10(2)6-9)13-7-18-12(8-21-13)14(16-17-18)15(19)20-3/h4-6,13H,7-8H2,1-3H3. The summed E-state index contributed by atoms with van der Waals surface area (Å²) in [6, 6.07) is 6.29. The van der Waals surface area contributed by atoms with Crippen LogP contribution in [-0.2, 0) is 22.6 Å². The van der Waals surface area contributed by atoms with Gasteiger partial charge in [-0.15, -0.1) is 5.10 Å². The molecule has 0 spiro atoms. The molecule has 0 saturated carbocycles. The summed E-state index contributed by atoms with van der Waals surface area (Å²) in [5, 5.41) is 7.93. The van der Waals surface area contributed by atoms with Gasteiger partial charge in [-0.2, -0.15) is 0 Å². The number of ether oxygens (including phenoxy) is 2. The van der Waals surface area contributed by atoms with Crippen LogP contribution in [0, 0.1) is 13.8 Å². The van der Waals surface area contributed by atoms with Crippen LogP contribution < -0.4 is 0 Å². The molecule has 2 aromatic rings. The molecular weight excluding hydrogens is 270 g/mol. The number of benzene rings is 1. The molecule has 0 N–H and O–H groups in total. The smallest absolute Gasteiger partial charge is 0.360 e. The molecule has 0 saturated heterocycles. The number of rotatable bonds is 2. The molecule has 21 heavy (non-hydrogen) atoms. The van der Waals surface area contributed by atoms with Gasteiger partial charge in [0.1, 0.15) is 6.10 Å². The number of hydrogen-bond acceptors (Lipinski definition) is 5. The van der Waals surface area contributed by atoms with Crippen molar-refractivity contribution in [1.29, 1.82) is 0 Å². The summed E-state index contributed by atoms with van der Waals surface area (Å²) < 4.78 is 12.3. The summed E-state index contributed by atoms with van der Waals surface area (Å²) in [6.07, 6.45) is -0.0784. The Labute approximate surface area is 122 Å². The zero-order chi connectivity index (χ0) is 15.0. The highest BCUT2D eigenvalue weighted by atomic mass is 16.5. The van der Waals surface area contributed by atoms with E-state index >= 15 is 0 Å². The van der Waals surface area contributed by atoms with Crippen LogP contribution in [0.25, 0.3) is 0 Å². The number of methoxy groups -OCH3 is 1. The molecular formula is C15H17N3O3. The number of nitrogens with zero attached hydrogens (tertiary/aromatic N) is 3. The predicted molar refractivity (Wildman–Crippen MR) is 74.8 cm³/mol. The van der Waals surface area contributed by atoms with E-state index in [0.717, 1.165) is 5.56 Å². The Morgan fingerprint density at radius 3 is 2.95 bits per heavy atom. The average Bonchev–Trinajstić information content (AvgIpc) is 2.89. The Morgan fingerprint density at radius 1 is 1.43 bits per heavy atom. The quantitative estimate of drug-likeness (QED) is 0.790. The number of fused-ring (bicyclic) bond motifs is 1. The van der Waals surface area contributed by atoms with Crippen LogP contribution in [0.4, 0.5) is 0 Å². The Kier molecular flexibility index (Phi) is 3.47. The second-order valence-corrected chi connectivity index (χ2v) is 5.22. The molecule has 6 heteroatoms. The van der Waals surface area contributed by atoms with E-state index in [1.54, 1.807) is 4.68 Å². The van der Waals surface area contributed by atoms with Gasteiger partial charge in [0.15, 0.2) is 5.69 Å². The fourth-order valence-electron chi connectivity index (χ4n) is 2.64. The number of aryl methyl sites for hydroxylation is 2. The third kappa shape index (κ3) is 2.42. The first-order valence-corrected chi connectivity index (χ1v) is 6.79. The molecule has 1 aliphatic rings. The van der Waals surface area contributed by atoms with E-state index in [0.29, 0.717) is 18.8 Å². The zero-order valence-corrected chi connectivity index (χ0v) is 12.3. The van der Waals surface area contributed by atoms with Crippen LogP contribution in [0.1, 0.15) is 39.0 Å². The van der Waals surface area contributed by atoms with Crippen molar-refractivity contribution < 1.29 is 14.3 Å². The maximum absolute atomic E-state index is 11.6. The molecule has 0 aliphatic carbocycles. The summed E-state index contributed by atoms with van der Waals surface area (Å²) in [7, 11) is 1.33. The van der Waals surface area contributed by atoms with Gasteiger partial charge in [0.2, 0.25) is 0 Å². The van der Waals surface area contributed by atoms with Crippen LogP contribution >= 0.6 is 0 Å². The van der Waals surface area contributed by atoms with Crippen molar-refractivity contribution in [1.82, 2.24) is 15.0 Å². The Hall–Kier alpha value is -2.21. The van der Waals surface area contributed by atoms with Crippen molar-refractivity contribution in [2.75, 3.05) is 7.11 Å². The molecule has 3 rings (SSSR count). The summed E-state index contributed by atoms with van der Waals surface area (Å²) >= 11 is 0. The Morgan fingerprint density at radius 2 is 2.24 bits per heavy atom. The molecule has 1 unspecified atom stereocenters. The lowest BCUT2D eigenvalue weighted by atomic mass is 10.0. The van der Waals surface area contributed by atoms with E-state index in [9.17, 15) is 4.79 Å². The van der Waals surface area contributed by atoms with Crippen LogP contribution in [-0.4, -0.2) is 28.1 Å². The van der Waals surface area contributed by atoms with Gasteiger partial charge >= 0.3 is 5.97 Å². The predicted octanol–water partition coefficient (Wildman–Crippen LogP) is 1.95. The summed E-state index contributed by atoms with van der Waals surface area (Å²) in [5.41, 5.74) is 4.46. The number of carbonyl (C=O) groups is 1. The molecule has 1 aromatic carbocycles. The van der Waals surface area contributed by atoms with Crippen LogP contribution in [0.5, 0.6) is 0 Å². The highest BCUT2D eigenvalue weighted by Gasteiger charge is 2.28. The second kappa shape index (κ2) is 5.29. The minimum absolute atomic E-state index is 0.0784. The highest BCUT2D eigenvalue weighted by Crippen LogP contribution is 2.29. The maximum atomic E-state index is 11.6. The zero-order valence-electron chi connectivity index (χ0n) is 12.3. The first-order chi connectivity index (χ1) is 10.1. The van der Waals surface area contributed by atoms with E-state index in [1.165, 1.54) is 18.2 Å². The van der Waals surface area contributed by atoms with Crippen molar-refractivity contribution in [2.24, 2.45) is 0 Å². The second-order valence-electron chi connectivity index (χ2n) is 5.22. The highest BCUT2D eigenvalue weighted by molar-refractivity contribution is 5.88. The minimum atomic E-state index is -0.482. The van der Waals surface area contributed by atoms with Gasteiger partial charge in [0, 0.05) is 0 Å². The third-order valence-electron chi connectivity index (χ3n) is 3.75. The molecule has 1 aliphatic heterocycles. The monoisotopic (exact) mass is 287 g/mol. The van der Waals surface area contributed by atoms with Crippen molar-refractivity contribution in [3.63, 3.8) is 0 Å². The van der Waals surface area contributed by atoms with Gasteiger partial charge in [-0.1, -0.05) is 29.0 Å². The number of carbonyl (C=O) groups excluding carboxylic acids is 1. The van der Waals surface area contributed by atoms with Crippen LogP contribution in [0.3, 0.4) is 0 Å². The topological polar surface area (TPSA) is 66.2 Å². The molecule has 0 fully saturated rings. The van der Waals surface area contributed by atoms with Crippen LogP contribution in [0.15, 0.2) is 18.2 Å². The molecule has 0 radical (unpaired) electrons. The molecule has 2 heterocycles. The van der Waals surface area contributed by atoms with Crippen molar-refractivity contribution in [3.05, 3.63) is 46.3 Å². The summed E-state index contributed by atoms with van der Waals surface area (Å²) in [5.74, 6) is -0.482. The first kappa shape index (κ1) is 13.8. The van der Waals surface area contributed by atoms with Gasteiger partial charge in [-0.25, -0.2) is 9.48 Å². The van der Waals surface area contributed by atoms with Gasteiger partial charge in [0.25, 0.3) is 0 Å². The van der Waals surface area contributed by atoms with Crippen molar-refractivity contribution >= 4 is 5.97 Å². The van der Waals surface area contributed by atoms with E-state index in [-0.39, 0.29) is 11.8 Å². The first-order valence-electron chi connectivity index (χ1n) is 6.79. The normalized spacial score (nSPS) is 17.4. The SMILES string of the molecule is COC(=O)c1nnn2c1COC(c1ccc(C)cc1C)C2. The lowest BCUT2D eigenvalue weighted by molar-refractivity contribution is -0.00255. The number of aromatic nitrogens is 3. The van der Waals surface area contributed by atoms with E-state index in [4.69, 9.17) is 9.47 Å². The fourth-order valence-corrected chi connectivity index (χ4v) is 2.64. The van der Waals surface area contributed by atoms with Gasteiger partial charge in [-0.3, -0.25) is 0 Å². The molecule has 0 amide bonds. The molecule has 1 atom stereocenters. The maximum Gasteiger partial charge on any atom is 0.360 e. The van der Waals surface area contributed by atoms with E-state index in [1.807, 2.05) is 0 Å². The van der Waals surface area contributed by atoms with Crippen molar-refractivity contribution in [3.8, 4) is 0 Å². The van der Waals surface area contributed by atoms with Gasteiger partial charge in [0.05, 0.1) is 26.0 Å². The average molecular weight is 287 g/mol. The largest absolute Gasteiger partial charge is 0.464 e. The number of esters is 1. The fraction of sp³-hybridized carbons (Fsp3) is 0.400. The Balaban J connectivity index is 1.88. The lowest BCUT2D eigenvalue weighted by Crippen LogP contribution is -2.23. The summed E-state index contributed by atoms with van der Waals surface area (Å²) in [4.78, 5) is 11.6. The molecule has 0 bridgehead atoms. The van der Waals surface area contributed by atoms with Gasteiger partial charge in [-0.05, 0) is 25.0 Å².